The molecule has 7 heteroatoms. The molecule has 0 unspecified atom stereocenters. The minimum absolute atomic E-state index is 0.0375. The molecule has 1 aromatic carbocycles. The van der Waals surface area contributed by atoms with Crippen molar-refractivity contribution in [2.45, 2.75) is 20.3 Å². The zero-order valence-electron chi connectivity index (χ0n) is 16.9. The number of hydrogen-bond acceptors (Lipinski definition) is 5. The molecule has 1 amide bonds. The van der Waals surface area contributed by atoms with Crippen LogP contribution in [-0.2, 0) is 14.3 Å². The molecule has 0 aromatic heterocycles. The number of nitrogens with one attached hydrogen (secondary N) is 1. The quantitative estimate of drug-likeness (QED) is 0.683. The molecular weight excluding hydrogens is 374 g/mol. The lowest BCUT2D eigenvalue weighted by molar-refractivity contribution is -0.132. The minimum atomic E-state index is -1.13. The molecule has 0 spiro atoms. The normalized spacial score (nSPS) is 13.6. The van der Waals surface area contributed by atoms with Crippen LogP contribution in [0.1, 0.15) is 46.5 Å². The molecule has 0 fully saturated rings. The van der Waals surface area contributed by atoms with Crippen LogP contribution < -0.4 is 5.32 Å². The molecule has 7 nitrogen and oxygen atoms in total. The first kappa shape index (κ1) is 21.9. The van der Waals surface area contributed by atoms with Crippen LogP contribution in [-0.4, -0.2) is 43.7 Å². The second-order valence-corrected chi connectivity index (χ2v) is 6.93. The molecule has 2 rings (SSSR count). The monoisotopic (exact) mass is 399 g/mol. The van der Waals surface area contributed by atoms with Crippen molar-refractivity contribution in [2.24, 2.45) is 5.92 Å². The highest BCUT2D eigenvalue weighted by Gasteiger charge is 2.24. The minimum Gasteiger partial charge on any atom is -0.501 e. The third kappa shape index (κ3) is 5.34. The van der Waals surface area contributed by atoms with Gasteiger partial charge in [-0.05, 0) is 41.3 Å². The Morgan fingerprint density at radius 3 is 2.52 bits per heavy atom. The van der Waals surface area contributed by atoms with Gasteiger partial charge in [0.1, 0.15) is 0 Å². The van der Waals surface area contributed by atoms with Crippen LogP contribution in [0.4, 0.5) is 0 Å². The number of esters is 1. The highest BCUT2D eigenvalue weighted by molar-refractivity contribution is 6.05. The van der Waals surface area contributed by atoms with E-state index >= 15 is 0 Å². The standard InChI is InChI=1S/C22H25NO6/c1-13(2)12-23-20(24)14-8-9-16(19(10-14)22(27)29-4)18-11-15(28-3)6-5-7-17(18)21(25)26/h5-10,13H,11-12H2,1-4H3,(H,23,24)(H,25,26). The summed E-state index contributed by atoms with van der Waals surface area (Å²) < 4.78 is 10.2. The summed E-state index contributed by atoms with van der Waals surface area (Å²) in [5.41, 5.74) is 1.22. The number of carbonyl (C=O) groups excluding carboxylic acids is 2. The number of carbonyl (C=O) groups is 3. The first-order chi connectivity index (χ1) is 13.8. The molecule has 0 atom stereocenters. The summed E-state index contributed by atoms with van der Waals surface area (Å²) in [6, 6.07) is 4.56. The van der Waals surface area contributed by atoms with Crippen molar-refractivity contribution in [2.75, 3.05) is 20.8 Å². The second-order valence-electron chi connectivity index (χ2n) is 6.93. The van der Waals surface area contributed by atoms with Gasteiger partial charge < -0.3 is 19.9 Å². The Morgan fingerprint density at radius 2 is 1.93 bits per heavy atom. The van der Waals surface area contributed by atoms with E-state index in [2.05, 4.69) is 5.32 Å². The van der Waals surface area contributed by atoms with Crippen LogP contribution in [0.3, 0.4) is 0 Å². The van der Waals surface area contributed by atoms with E-state index in [4.69, 9.17) is 9.47 Å². The summed E-state index contributed by atoms with van der Waals surface area (Å²) in [7, 11) is 2.73. The van der Waals surface area contributed by atoms with Crippen molar-refractivity contribution in [3.05, 3.63) is 64.4 Å². The molecule has 1 aliphatic carbocycles. The summed E-state index contributed by atoms with van der Waals surface area (Å²) >= 11 is 0. The number of methoxy groups -OCH3 is 2. The fourth-order valence-electron chi connectivity index (χ4n) is 2.89. The van der Waals surface area contributed by atoms with Crippen LogP contribution >= 0.6 is 0 Å². The first-order valence-corrected chi connectivity index (χ1v) is 9.17. The predicted molar refractivity (Wildman–Crippen MR) is 108 cm³/mol. The number of rotatable bonds is 7. The Labute approximate surface area is 169 Å². The molecule has 0 bridgehead atoms. The van der Waals surface area contributed by atoms with Gasteiger partial charge in [0.2, 0.25) is 0 Å². The van der Waals surface area contributed by atoms with Crippen molar-refractivity contribution in [1.29, 1.82) is 0 Å². The first-order valence-electron chi connectivity index (χ1n) is 9.17. The number of aliphatic carboxylic acids is 1. The lowest BCUT2D eigenvalue weighted by Crippen LogP contribution is -2.27. The lowest BCUT2D eigenvalue weighted by Gasteiger charge is -2.16. The van der Waals surface area contributed by atoms with Gasteiger partial charge in [0.15, 0.2) is 0 Å². The summed E-state index contributed by atoms with van der Waals surface area (Å²) in [5.74, 6) is -1.29. The summed E-state index contributed by atoms with van der Waals surface area (Å²) in [5, 5.41) is 12.4. The largest absolute Gasteiger partial charge is 0.501 e. The lowest BCUT2D eigenvalue weighted by atomic mass is 9.91. The topological polar surface area (TPSA) is 102 Å². The van der Waals surface area contributed by atoms with Crippen LogP contribution in [0.2, 0.25) is 0 Å². The van der Waals surface area contributed by atoms with E-state index in [9.17, 15) is 19.5 Å². The van der Waals surface area contributed by atoms with Crippen molar-refractivity contribution in [3.8, 4) is 0 Å². The highest BCUT2D eigenvalue weighted by atomic mass is 16.5. The number of carboxylic acid groups (broad SMARTS) is 1. The van der Waals surface area contributed by atoms with E-state index in [0.717, 1.165) is 0 Å². The fraction of sp³-hybridized carbons (Fsp3) is 0.318. The van der Waals surface area contributed by atoms with Crippen molar-refractivity contribution in [3.63, 3.8) is 0 Å². The van der Waals surface area contributed by atoms with E-state index in [1.807, 2.05) is 13.8 Å². The highest BCUT2D eigenvalue weighted by Crippen LogP contribution is 2.32. The predicted octanol–water partition coefficient (Wildman–Crippen LogP) is 3.19. The van der Waals surface area contributed by atoms with E-state index in [0.29, 0.717) is 29.0 Å². The molecule has 0 radical (unpaired) electrons. The summed E-state index contributed by atoms with van der Waals surface area (Å²) in [4.78, 5) is 36.7. The van der Waals surface area contributed by atoms with Crippen LogP contribution in [0.5, 0.6) is 0 Å². The van der Waals surface area contributed by atoms with Gasteiger partial charge in [0, 0.05) is 18.5 Å². The van der Waals surface area contributed by atoms with Gasteiger partial charge in [-0.1, -0.05) is 26.0 Å². The maximum absolute atomic E-state index is 12.4. The van der Waals surface area contributed by atoms with Crippen LogP contribution in [0, 0.1) is 5.92 Å². The molecule has 154 valence electrons. The number of carboxylic acids is 1. The third-order valence-corrected chi connectivity index (χ3v) is 4.40. The van der Waals surface area contributed by atoms with Crippen LogP contribution in [0.15, 0.2) is 47.8 Å². The molecule has 29 heavy (non-hydrogen) atoms. The number of benzene rings is 1. The molecule has 2 N–H and O–H groups in total. The van der Waals surface area contributed by atoms with E-state index in [-0.39, 0.29) is 29.4 Å². The van der Waals surface area contributed by atoms with E-state index in [1.54, 1.807) is 24.3 Å². The zero-order chi connectivity index (χ0) is 21.6. The number of hydrogen-bond donors (Lipinski definition) is 2. The smallest absolute Gasteiger partial charge is 0.338 e. The number of allylic oxidation sites excluding steroid dienone is 3. The third-order valence-electron chi connectivity index (χ3n) is 4.40. The van der Waals surface area contributed by atoms with E-state index in [1.165, 1.54) is 26.4 Å². The van der Waals surface area contributed by atoms with Gasteiger partial charge in [-0.25, -0.2) is 9.59 Å². The zero-order valence-corrected chi connectivity index (χ0v) is 16.9. The van der Waals surface area contributed by atoms with Gasteiger partial charge in [0.05, 0.1) is 31.1 Å². The Balaban J connectivity index is 2.59. The second kappa shape index (κ2) is 9.73. The molecular formula is C22H25NO6. The van der Waals surface area contributed by atoms with Gasteiger partial charge in [-0.3, -0.25) is 4.79 Å². The molecule has 0 aliphatic heterocycles. The van der Waals surface area contributed by atoms with Crippen molar-refractivity contribution >= 4 is 23.4 Å². The SMILES string of the molecule is COC(=O)c1cc(C(=O)NCC(C)C)ccc1C1=C(C(=O)O)C=CC=C(OC)C1. The maximum Gasteiger partial charge on any atom is 0.338 e. The van der Waals surface area contributed by atoms with Crippen molar-refractivity contribution in [1.82, 2.24) is 5.32 Å². The molecule has 1 aliphatic rings. The van der Waals surface area contributed by atoms with Gasteiger partial charge in [0.25, 0.3) is 5.91 Å². The molecule has 0 saturated carbocycles. The average molecular weight is 399 g/mol. The van der Waals surface area contributed by atoms with Gasteiger partial charge >= 0.3 is 11.9 Å². The Kier molecular flexibility index (Phi) is 7.36. The fourth-order valence-corrected chi connectivity index (χ4v) is 2.89. The molecule has 1 aromatic rings. The van der Waals surface area contributed by atoms with Crippen LogP contribution in [0.25, 0.3) is 5.57 Å². The molecule has 0 heterocycles. The number of ether oxygens (including phenoxy) is 2. The number of amides is 1. The molecule has 0 saturated heterocycles. The Hall–Kier alpha value is -3.35. The Morgan fingerprint density at radius 1 is 1.21 bits per heavy atom. The Bertz CT molecular complexity index is 908. The average Bonchev–Trinajstić information content (AvgIpc) is 2.93. The van der Waals surface area contributed by atoms with Gasteiger partial charge in [-0.2, -0.15) is 0 Å². The maximum atomic E-state index is 12.4. The summed E-state index contributed by atoms with van der Waals surface area (Å²) in [6.45, 7) is 4.45. The van der Waals surface area contributed by atoms with Crippen molar-refractivity contribution < 1.29 is 29.0 Å². The summed E-state index contributed by atoms with van der Waals surface area (Å²) in [6.07, 6.45) is 4.88. The van der Waals surface area contributed by atoms with E-state index < -0.39 is 11.9 Å². The van der Waals surface area contributed by atoms with Gasteiger partial charge in [-0.15, -0.1) is 0 Å².